The van der Waals surface area contributed by atoms with Gasteiger partial charge < -0.3 is 14.8 Å². The van der Waals surface area contributed by atoms with Crippen LogP contribution in [0.5, 0.6) is 0 Å². The lowest BCUT2D eigenvalue weighted by molar-refractivity contribution is -0.149. The van der Waals surface area contributed by atoms with Crippen LogP contribution >= 0.6 is 0 Å². The van der Waals surface area contributed by atoms with Crippen molar-refractivity contribution in [3.05, 3.63) is 36.4 Å². The van der Waals surface area contributed by atoms with Crippen LogP contribution < -0.4 is 5.32 Å². The summed E-state index contributed by atoms with van der Waals surface area (Å²) < 4.78 is 39.1. The minimum atomic E-state index is -4.11. The first kappa shape index (κ1) is 40.5. The number of Topliss-reactive ketones (excluding diaryl/α,β-unsaturated/α-hetero) is 2. The summed E-state index contributed by atoms with van der Waals surface area (Å²) in [5, 5.41) is 3.53. The minimum absolute atomic E-state index is 0. The molecular weight excluding hydrogens is 486 g/mol. The predicted octanol–water partition coefficient (Wildman–Crippen LogP) is 5.51. The number of fused-ring (bicyclic) bond motifs is 1. The molecule has 0 fully saturated rings. The van der Waals surface area contributed by atoms with Gasteiger partial charge in [0.1, 0.15) is 11.0 Å². The Bertz CT molecular complexity index is 1100. The van der Waals surface area contributed by atoms with Crippen LogP contribution in [-0.2, 0) is 38.2 Å². The molecule has 0 heterocycles. The zero-order chi connectivity index (χ0) is 24.7. The lowest BCUT2D eigenvalue weighted by atomic mass is 10.0. The van der Waals surface area contributed by atoms with Crippen LogP contribution in [0.4, 0.5) is 5.69 Å². The van der Waals surface area contributed by atoms with Gasteiger partial charge >= 0.3 is 0 Å². The Kier molecular flexibility index (Phi) is 19.0. The van der Waals surface area contributed by atoms with Crippen LogP contribution in [0.25, 0.3) is 10.8 Å². The molecule has 0 spiro atoms. The number of anilines is 1. The molecule has 0 saturated heterocycles. The van der Waals surface area contributed by atoms with Crippen molar-refractivity contribution < 1.29 is 37.9 Å². The summed E-state index contributed by atoms with van der Waals surface area (Å²) in [5.41, 5.74) is -1.73. The molecule has 0 aliphatic rings. The highest BCUT2D eigenvalue weighted by Gasteiger charge is 2.39. The third kappa shape index (κ3) is 9.42. The van der Waals surface area contributed by atoms with E-state index in [1.54, 1.807) is 37.3 Å². The van der Waals surface area contributed by atoms with Gasteiger partial charge in [-0.3, -0.25) is 18.6 Å². The van der Waals surface area contributed by atoms with E-state index in [4.69, 9.17) is 4.74 Å². The molecule has 1 amide bonds. The average Bonchev–Trinajstić information content (AvgIpc) is 2.77. The Morgan fingerprint density at radius 2 is 1.47 bits per heavy atom. The monoisotopic (exact) mass is 533 g/mol. The molecule has 0 aromatic heterocycles. The van der Waals surface area contributed by atoms with Crippen LogP contribution in [0.3, 0.4) is 0 Å². The van der Waals surface area contributed by atoms with E-state index < -0.39 is 27.4 Å². The summed E-state index contributed by atoms with van der Waals surface area (Å²) in [6.07, 6.45) is -0.236. The molecule has 10 heteroatoms. The van der Waals surface area contributed by atoms with E-state index in [1.165, 1.54) is 41.1 Å². The molecule has 0 aliphatic heterocycles. The third-order valence-corrected chi connectivity index (χ3v) is 6.42. The largest absolute Gasteiger partial charge is 0.374 e. The molecular formula is C26H47NO8S. The molecule has 9 nitrogen and oxygen atoms in total. The average molecular weight is 534 g/mol. The van der Waals surface area contributed by atoms with Crippen LogP contribution in [-0.4, -0.2) is 58.9 Å². The number of amides is 1. The highest BCUT2D eigenvalue weighted by Crippen LogP contribution is 2.32. The van der Waals surface area contributed by atoms with Gasteiger partial charge in [-0.15, -0.1) is 0 Å². The molecule has 36 heavy (non-hydrogen) atoms. The number of hydrogen-bond donors (Lipinski definition) is 1. The van der Waals surface area contributed by atoms with E-state index in [-0.39, 0.29) is 53.6 Å². The van der Waals surface area contributed by atoms with Crippen molar-refractivity contribution in [2.75, 3.05) is 26.6 Å². The second-order valence-corrected chi connectivity index (χ2v) is 8.67. The van der Waals surface area contributed by atoms with E-state index in [9.17, 15) is 22.8 Å². The molecule has 2 aromatic carbocycles. The second-order valence-electron chi connectivity index (χ2n) is 7.02. The molecule has 2 aromatic rings. The fraction of sp³-hybridized carbons (Fsp3) is 0.500. The van der Waals surface area contributed by atoms with Gasteiger partial charge in [0.05, 0.1) is 12.8 Å². The summed E-state index contributed by atoms with van der Waals surface area (Å²) in [5.74, 6) is -1.21. The number of ether oxygens (including phenoxy) is 2. The molecule has 0 bridgehead atoms. The van der Waals surface area contributed by atoms with Crippen molar-refractivity contribution in [1.82, 2.24) is 0 Å². The SMILES string of the molecule is C.C.C.C.COC(C)(C(C)=O)C(=O)Nc1ccc2ccccc2c1S(=O)(=O)OC.COC(C)C(C)=O.[HH]. The standard InChI is InChI=1S/C17H19NO6S.C5H10O2.4CH4.H2/c1-11(19)17(2,23-3)16(20)18-14-10-9-12-7-5-6-8-13(12)15(14)25(21,22)24-4;1-4(6)5(2)7-3;;;;;/h5-10H,1-4H3,(H,18,20);5H,1-3H3;4*1H4;1H. The fourth-order valence-corrected chi connectivity index (χ4v) is 3.51. The minimum Gasteiger partial charge on any atom is -0.374 e. The zero-order valence-corrected chi connectivity index (χ0v) is 20.0. The smallest absolute Gasteiger partial charge is 0.299 e. The Morgan fingerprint density at radius 1 is 0.944 bits per heavy atom. The number of benzene rings is 2. The van der Waals surface area contributed by atoms with E-state index in [0.717, 1.165) is 7.11 Å². The molecule has 1 N–H and O–H groups in total. The topological polar surface area (TPSA) is 125 Å². The number of carbonyl (C=O) groups is 3. The van der Waals surface area contributed by atoms with Gasteiger partial charge in [0.2, 0.25) is 5.60 Å². The van der Waals surface area contributed by atoms with Crippen molar-refractivity contribution >= 4 is 44.1 Å². The maximum Gasteiger partial charge on any atom is 0.299 e. The molecule has 210 valence electrons. The van der Waals surface area contributed by atoms with Crippen molar-refractivity contribution in [3.8, 4) is 0 Å². The van der Waals surface area contributed by atoms with Crippen LogP contribution in [0, 0.1) is 0 Å². The number of ketones is 2. The molecule has 0 aliphatic carbocycles. The van der Waals surface area contributed by atoms with Crippen LogP contribution in [0.1, 0.15) is 58.8 Å². The van der Waals surface area contributed by atoms with Gasteiger partial charge in [-0.05, 0) is 39.1 Å². The Labute approximate surface area is 219 Å². The maximum absolute atomic E-state index is 12.5. The summed E-state index contributed by atoms with van der Waals surface area (Å²) in [7, 11) is -0.325. The number of methoxy groups -OCH3 is 2. The molecule has 2 unspecified atom stereocenters. The number of nitrogens with one attached hydrogen (secondary N) is 1. The first-order valence-corrected chi connectivity index (χ1v) is 11.0. The van der Waals surface area contributed by atoms with Crippen molar-refractivity contribution in [3.63, 3.8) is 0 Å². The highest BCUT2D eigenvalue weighted by atomic mass is 32.2. The van der Waals surface area contributed by atoms with E-state index in [1.807, 2.05) is 0 Å². The molecule has 2 rings (SSSR count). The normalized spacial score (nSPS) is 12.4. The highest BCUT2D eigenvalue weighted by molar-refractivity contribution is 7.87. The predicted molar refractivity (Wildman–Crippen MR) is 149 cm³/mol. The Hall–Kier alpha value is -2.66. The first-order valence-electron chi connectivity index (χ1n) is 9.59. The van der Waals surface area contributed by atoms with Gasteiger partial charge in [0, 0.05) is 21.0 Å². The lowest BCUT2D eigenvalue weighted by Crippen LogP contribution is -2.47. The maximum atomic E-state index is 12.5. The van der Waals surface area contributed by atoms with Crippen LogP contribution in [0.2, 0.25) is 0 Å². The van der Waals surface area contributed by atoms with Crippen LogP contribution in [0.15, 0.2) is 41.3 Å². The number of hydrogen-bond acceptors (Lipinski definition) is 8. The van der Waals surface area contributed by atoms with Crippen molar-refractivity contribution in [1.29, 1.82) is 0 Å². The molecule has 0 saturated carbocycles. The fourth-order valence-electron chi connectivity index (χ4n) is 2.50. The van der Waals surface area contributed by atoms with E-state index >= 15 is 0 Å². The number of rotatable bonds is 8. The first-order chi connectivity index (χ1) is 14.8. The van der Waals surface area contributed by atoms with E-state index in [2.05, 4.69) is 14.2 Å². The summed E-state index contributed by atoms with van der Waals surface area (Å²) in [6, 6.07) is 9.90. The molecule has 2 atom stereocenters. The van der Waals surface area contributed by atoms with E-state index in [0.29, 0.717) is 10.8 Å². The Morgan fingerprint density at radius 3 is 1.86 bits per heavy atom. The molecule has 0 radical (unpaired) electrons. The Balaban J connectivity index is -0.000000252. The van der Waals surface area contributed by atoms with Gasteiger partial charge in [-0.25, -0.2) is 0 Å². The van der Waals surface area contributed by atoms with Gasteiger partial charge in [0.25, 0.3) is 16.0 Å². The van der Waals surface area contributed by atoms with Crippen molar-refractivity contribution in [2.24, 2.45) is 0 Å². The quantitative estimate of drug-likeness (QED) is 0.348. The van der Waals surface area contributed by atoms with Gasteiger partial charge in [0.15, 0.2) is 11.6 Å². The van der Waals surface area contributed by atoms with Gasteiger partial charge in [-0.1, -0.05) is 60.0 Å². The van der Waals surface area contributed by atoms with Crippen molar-refractivity contribution in [2.45, 2.75) is 74.0 Å². The third-order valence-electron chi connectivity index (χ3n) is 5.04. The summed E-state index contributed by atoms with van der Waals surface area (Å²) in [4.78, 5) is 34.3. The summed E-state index contributed by atoms with van der Waals surface area (Å²) >= 11 is 0. The summed E-state index contributed by atoms with van der Waals surface area (Å²) in [6.45, 7) is 5.77. The zero-order valence-electron chi connectivity index (χ0n) is 19.2. The lowest BCUT2D eigenvalue weighted by Gasteiger charge is -2.24. The van der Waals surface area contributed by atoms with Gasteiger partial charge in [-0.2, -0.15) is 8.42 Å². The second kappa shape index (κ2) is 16.9. The number of carbonyl (C=O) groups excluding carboxylic acids is 3.